The second-order valence-electron chi connectivity index (χ2n) is 4.59. The number of urea groups is 1. The first-order chi connectivity index (χ1) is 9.72. The van der Waals surface area contributed by atoms with Gasteiger partial charge in [-0.1, -0.05) is 50.5 Å². The molecule has 20 heavy (non-hydrogen) atoms. The Morgan fingerprint density at radius 3 is 2.70 bits per heavy atom. The minimum atomic E-state index is -0.672. The first-order valence-electron chi connectivity index (χ1n) is 6.97. The topological polar surface area (TPSA) is 76.7 Å². The van der Waals surface area contributed by atoms with E-state index < -0.39 is 6.03 Å². The highest BCUT2D eigenvalue weighted by molar-refractivity contribution is 5.81. The molecule has 5 nitrogen and oxygen atoms in total. The fourth-order valence-electron chi connectivity index (χ4n) is 1.69. The normalized spacial score (nSPS) is 10.8. The minimum Gasteiger partial charge on any atom is -0.377 e. The Labute approximate surface area is 120 Å². The van der Waals surface area contributed by atoms with Gasteiger partial charge in [0.2, 0.25) is 0 Å². The van der Waals surface area contributed by atoms with Crippen LogP contribution in [0, 0.1) is 0 Å². The number of hydrazone groups is 1. The van der Waals surface area contributed by atoms with Gasteiger partial charge in [-0.05, 0) is 17.5 Å². The number of rotatable bonds is 9. The molecular formula is C15H23N3O2. The Balaban J connectivity index is 2.24. The lowest BCUT2D eigenvalue weighted by Gasteiger charge is -2.04. The summed E-state index contributed by atoms with van der Waals surface area (Å²) in [7, 11) is 0. The van der Waals surface area contributed by atoms with Gasteiger partial charge in [-0.25, -0.2) is 10.2 Å². The van der Waals surface area contributed by atoms with E-state index in [4.69, 9.17) is 10.5 Å². The van der Waals surface area contributed by atoms with Crippen molar-refractivity contribution >= 4 is 12.2 Å². The average molecular weight is 277 g/mol. The van der Waals surface area contributed by atoms with Crippen LogP contribution in [0.25, 0.3) is 0 Å². The monoisotopic (exact) mass is 277 g/mol. The fraction of sp³-hybridized carbons (Fsp3) is 0.467. The molecule has 0 spiro atoms. The molecule has 0 saturated heterocycles. The van der Waals surface area contributed by atoms with Crippen LogP contribution in [-0.4, -0.2) is 18.9 Å². The predicted molar refractivity (Wildman–Crippen MR) is 80.6 cm³/mol. The van der Waals surface area contributed by atoms with E-state index in [0.29, 0.717) is 6.61 Å². The van der Waals surface area contributed by atoms with Gasteiger partial charge in [0.1, 0.15) is 0 Å². The van der Waals surface area contributed by atoms with Gasteiger partial charge in [0, 0.05) is 6.61 Å². The summed E-state index contributed by atoms with van der Waals surface area (Å²) in [6.07, 6.45) is 6.42. The van der Waals surface area contributed by atoms with Crippen molar-refractivity contribution in [1.82, 2.24) is 5.43 Å². The second-order valence-corrected chi connectivity index (χ2v) is 4.59. The van der Waals surface area contributed by atoms with E-state index in [1.165, 1.54) is 19.3 Å². The van der Waals surface area contributed by atoms with Gasteiger partial charge < -0.3 is 10.5 Å². The van der Waals surface area contributed by atoms with Crippen LogP contribution in [0.4, 0.5) is 4.79 Å². The fourth-order valence-corrected chi connectivity index (χ4v) is 1.69. The van der Waals surface area contributed by atoms with E-state index in [9.17, 15) is 4.79 Å². The number of amides is 2. The summed E-state index contributed by atoms with van der Waals surface area (Å²) in [5, 5.41) is 3.69. The lowest BCUT2D eigenvalue weighted by atomic mass is 10.1. The summed E-state index contributed by atoms with van der Waals surface area (Å²) in [6, 6.07) is 7.13. The zero-order valence-electron chi connectivity index (χ0n) is 12.0. The van der Waals surface area contributed by atoms with Crippen LogP contribution in [0.5, 0.6) is 0 Å². The molecule has 3 N–H and O–H groups in total. The van der Waals surface area contributed by atoms with Gasteiger partial charge in [-0.15, -0.1) is 0 Å². The summed E-state index contributed by atoms with van der Waals surface area (Å²) >= 11 is 0. The first kappa shape index (κ1) is 16.2. The Hall–Kier alpha value is -1.88. The molecule has 1 rings (SSSR count). The van der Waals surface area contributed by atoms with Crippen molar-refractivity contribution in [2.24, 2.45) is 10.8 Å². The number of unbranched alkanes of at least 4 members (excludes halogenated alkanes) is 3. The number of benzene rings is 1. The molecule has 1 aromatic rings. The lowest BCUT2D eigenvalue weighted by Crippen LogP contribution is -2.24. The third-order valence-electron chi connectivity index (χ3n) is 2.78. The number of carbonyl (C=O) groups is 1. The van der Waals surface area contributed by atoms with E-state index in [2.05, 4.69) is 17.5 Å². The number of nitrogens with one attached hydrogen (secondary N) is 1. The van der Waals surface area contributed by atoms with Crippen LogP contribution in [-0.2, 0) is 11.3 Å². The van der Waals surface area contributed by atoms with Crippen LogP contribution in [0.2, 0.25) is 0 Å². The lowest BCUT2D eigenvalue weighted by molar-refractivity contribution is 0.117. The van der Waals surface area contributed by atoms with Crippen molar-refractivity contribution in [3.63, 3.8) is 0 Å². The van der Waals surface area contributed by atoms with E-state index in [-0.39, 0.29) is 0 Å². The van der Waals surface area contributed by atoms with Crippen LogP contribution in [0.1, 0.15) is 43.7 Å². The van der Waals surface area contributed by atoms with Crippen molar-refractivity contribution in [1.29, 1.82) is 0 Å². The molecule has 110 valence electrons. The molecule has 0 aromatic heterocycles. The molecule has 0 radical (unpaired) electrons. The zero-order valence-corrected chi connectivity index (χ0v) is 12.0. The van der Waals surface area contributed by atoms with Crippen molar-refractivity contribution in [2.75, 3.05) is 6.61 Å². The predicted octanol–water partition coefficient (Wildman–Crippen LogP) is 2.79. The maximum absolute atomic E-state index is 10.4. The van der Waals surface area contributed by atoms with Crippen LogP contribution in [0.3, 0.4) is 0 Å². The highest BCUT2D eigenvalue weighted by atomic mass is 16.5. The number of nitrogens with zero attached hydrogens (tertiary/aromatic N) is 1. The molecular weight excluding hydrogens is 254 g/mol. The molecule has 0 unspecified atom stereocenters. The molecule has 0 heterocycles. The molecule has 0 fully saturated rings. The van der Waals surface area contributed by atoms with Gasteiger partial charge in [0.05, 0.1) is 12.8 Å². The molecule has 2 amide bonds. The number of primary amides is 1. The van der Waals surface area contributed by atoms with Crippen molar-refractivity contribution in [3.8, 4) is 0 Å². The third kappa shape index (κ3) is 7.53. The van der Waals surface area contributed by atoms with Crippen molar-refractivity contribution < 1.29 is 9.53 Å². The van der Waals surface area contributed by atoms with Gasteiger partial charge in [0.15, 0.2) is 0 Å². The maximum Gasteiger partial charge on any atom is 0.332 e. The van der Waals surface area contributed by atoms with Gasteiger partial charge in [-0.2, -0.15) is 5.10 Å². The maximum atomic E-state index is 10.4. The van der Waals surface area contributed by atoms with Gasteiger partial charge >= 0.3 is 6.03 Å². The summed E-state index contributed by atoms with van der Waals surface area (Å²) < 4.78 is 5.61. The largest absolute Gasteiger partial charge is 0.377 e. The standard InChI is InChI=1S/C15H23N3O2/c1-2-3-4-5-10-20-12-14-8-6-13(7-9-14)11-17-18-15(16)19/h6-9,11H,2-5,10,12H2,1H3,(H3,16,18,19). The molecule has 0 aliphatic heterocycles. The molecule has 0 saturated carbocycles. The molecule has 0 aliphatic carbocycles. The van der Waals surface area contributed by atoms with Crippen LogP contribution < -0.4 is 11.2 Å². The number of ether oxygens (including phenoxy) is 1. The number of hydrogen-bond acceptors (Lipinski definition) is 3. The quantitative estimate of drug-likeness (QED) is 0.413. The Morgan fingerprint density at radius 1 is 1.30 bits per heavy atom. The summed E-state index contributed by atoms with van der Waals surface area (Å²) in [5.41, 5.74) is 9.07. The first-order valence-corrected chi connectivity index (χ1v) is 6.97. The van der Waals surface area contributed by atoms with Gasteiger partial charge in [0.25, 0.3) is 0 Å². The Kier molecular flexibility index (Phi) is 8.07. The number of nitrogens with two attached hydrogens (primary N) is 1. The Morgan fingerprint density at radius 2 is 2.05 bits per heavy atom. The molecule has 0 aliphatic rings. The average Bonchev–Trinajstić information content (AvgIpc) is 2.44. The van der Waals surface area contributed by atoms with Crippen LogP contribution >= 0.6 is 0 Å². The molecule has 5 heteroatoms. The minimum absolute atomic E-state index is 0.628. The van der Waals surface area contributed by atoms with Gasteiger partial charge in [-0.3, -0.25) is 0 Å². The number of carbonyl (C=O) groups excluding carboxylic acids is 1. The molecule has 1 aromatic carbocycles. The van der Waals surface area contributed by atoms with E-state index >= 15 is 0 Å². The highest BCUT2D eigenvalue weighted by Gasteiger charge is 1.95. The van der Waals surface area contributed by atoms with E-state index in [1.807, 2.05) is 24.3 Å². The summed E-state index contributed by atoms with van der Waals surface area (Å²) in [4.78, 5) is 10.4. The van der Waals surface area contributed by atoms with Crippen molar-refractivity contribution in [3.05, 3.63) is 35.4 Å². The second kappa shape index (κ2) is 9.97. The van der Waals surface area contributed by atoms with Crippen LogP contribution in [0.15, 0.2) is 29.4 Å². The Bertz CT molecular complexity index is 416. The van der Waals surface area contributed by atoms with E-state index in [1.54, 1.807) is 6.21 Å². The third-order valence-corrected chi connectivity index (χ3v) is 2.78. The molecule has 0 atom stereocenters. The van der Waals surface area contributed by atoms with E-state index in [0.717, 1.165) is 24.2 Å². The summed E-state index contributed by atoms with van der Waals surface area (Å²) in [5.74, 6) is 0. The zero-order chi connectivity index (χ0) is 14.6. The smallest absolute Gasteiger partial charge is 0.332 e. The summed E-state index contributed by atoms with van der Waals surface area (Å²) in [6.45, 7) is 3.64. The highest BCUT2D eigenvalue weighted by Crippen LogP contribution is 2.05. The molecule has 0 bridgehead atoms. The SMILES string of the molecule is CCCCCCOCc1ccc(C=NNC(N)=O)cc1. The number of hydrogen-bond donors (Lipinski definition) is 2. The van der Waals surface area contributed by atoms with Crippen molar-refractivity contribution in [2.45, 2.75) is 39.2 Å².